The van der Waals surface area contributed by atoms with Crippen LogP contribution in [0.4, 0.5) is 0 Å². The molecule has 0 radical (unpaired) electrons. The van der Waals surface area contributed by atoms with Crippen molar-refractivity contribution in [2.24, 2.45) is 17.3 Å². The van der Waals surface area contributed by atoms with Gasteiger partial charge < -0.3 is 5.32 Å². The maximum atomic E-state index is 3.57. The van der Waals surface area contributed by atoms with Crippen LogP contribution in [-0.2, 0) is 0 Å². The molecule has 2 atom stereocenters. The molecule has 0 amide bonds. The summed E-state index contributed by atoms with van der Waals surface area (Å²) in [7, 11) is 0. The fourth-order valence-electron chi connectivity index (χ4n) is 2.75. The smallest absolute Gasteiger partial charge is 0.00106 e. The molecule has 0 aromatic rings. The maximum absolute atomic E-state index is 3.57. The summed E-state index contributed by atoms with van der Waals surface area (Å²) in [4.78, 5) is 0. The molecule has 2 rings (SSSR count). The molecular formula is C11H21N. The molecule has 2 aliphatic carbocycles. The molecule has 0 saturated heterocycles. The molecule has 0 aliphatic heterocycles. The molecular weight excluding hydrogens is 146 g/mol. The number of hydrogen-bond acceptors (Lipinski definition) is 1. The van der Waals surface area contributed by atoms with E-state index in [0.29, 0.717) is 11.5 Å². The standard InChI is InChI=1S/C11H21N/c1-8(2)12-7-11(3)5-9-4-10(9)6-11/h8-10,12H,4-7H2,1-3H3. The zero-order valence-corrected chi connectivity index (χ0v) is 8.56. The highest BCUT2D eigenvalue weighted by Crippen LogP contribution is 2.59. The summed E-state index contributed by atoms with van der Waals surface area (Å²) < 4.78 is 0. The van der Waals surface area contributed by atoms with Crippen molar-refractivity contribution < 1.29 is 0 Å². The molecule has 0 spiro atoms. The van der Waals surface area contributed by atoms with Crippen LogP contribution in [0.2, 0.25) is 0 Å². The summed E-state index contributed by atoms with van der Waals surface area (Å²) in [5.74, 6) is 2.23. The average molecular weight is 167 g/mol. The van der Waals surface area contributed by atoms with Crippen LogP contribution in [0.25, 0.3) is 0 Å². The Bertz CT molecular complexity index is 164. The van der Waals surface area contributed by atoms with Crippen LogP contribution in [0, 0.1) is 17.3 Å². The molecule has 2 saturated carbocycles. The molecule has 0 aromatic heterocycles. The van der Waals surface area contributed by atoms with Crippen LogP contribution in [0.1, 0.15) is 40.0 Å². The number of fused-ring (bicyclic) bond motifs is 1. The zero-order chi connectivity index (χ0) is 8.77. The van der Waals surface area contributed by atoms with E-state index in [1.807, 2.05) is 0 Å². The largest absolute Gasteiger partial charge is 0.314 e. The lowest BCUT2D eigenvalue weighted by molar-refractivity contribution is 0.274. The van der Waals surface area contributed by atoms with Crippen molar-refractivity contribution in [1.82, 2.24) is 5.32 Å². The quantitative estimate of drug-likeness (QED) is 0.680. The Kier molecular flexibility index (Phi) is 1.95. The number of hydrogen-bond donors (Lipinski definition) is 1. The third-order valence-electron chi connectivity index (χ3n) is 3.52. The Balaban J connectivity index is 1.79. The molecule has 1 heteroatoms. The first kappa shape index (κ1) is 8.55. The van der Waals surface area contributed by atoms with E-state index in [9.17, 15) is 0 Å². The van der Waals surface area contributed by atoms with Gasteiger partial charge >= 0.3 is 0 Å². The van der Waals surface area contributed by atoms with E-state index in [4.69, 9.17) is 0 Å². The molecule has 2 aliphatic rings. The minimum atomic E-state index is 0.637. The van der Waals surface area contributed by atoms with Gasteiger partial charge in [0.1, 0.15) is 0 Å². The van der Waals surface area contributed by atoms with Gasteiger partial charge in [-0.3, -0.25) is 0 Å². The van der Waals surface area contributed by atoms with Crippen LogP contribution in [0.15, 0.2) is 0 Å². The third kappa shape index (κ3) is 1.66. The van der Waals surface area contributed by atoms with Gasteiger partial charge in [0, 0.05) is 12.6 Å². The predicted molar refractivity (Wildman–Crippen MR) is 52.1 cm³/mol. The van der Waals surface area contributed by atoms with Crippen LogP contribution < -0.4 is 5.32 Å². The Hall–Kier alpha value is -0.0400. The number of nitrogens with one attached hydrogen (secondary N) is 1. The Labute approximate surface area is 75.9 Å². The summed E-state index contributed by atoms with van der Waals surface area (Å²) in [5, 5.41) is 3.57. The van der Waals surface area contributed by atoms with E-state index in [0.717, 1.165) is 11.8 Å². The predicted octanol–water partition coefficient (Wildman–Crippen LogP) is 2.42. The lowest BCUT2D eigenvalue weighted by Gasteiger charge is -2.27. The molecule has 70 valence electrons. The van der Waals surface area contributed by atoms with E-state index in [-0.39, 0.29) is 0 Å². The molecule has 2 unspecified atom stereocenters. The summed E-state index contributed by atoms with van der Waals surface area (Å²) in [6, 6.07) is 0.652. The van der Waals surface area contributed by atoms with Crippen LogP contribution in [0.5, 0.6) is 0 Å². The van der Waals surface area contributed by atoms with Crippen molar-refractivity contribution in [1.29, 1.82) is 0 Å². The Morgan fingerprint density at radius 2 is 1.92 bits per heavy atom. The van der Waals surface area contributed by atoms with Gasteiger partial charge in [0.2, 0.25) is 0 Å². The fourth-order valence-corrected chi connectivity index (χ4v) is 2.75. The van der Waals surface area contributed by atoms with Crippen molar-refractivity contribution in [3.05, 3.63) is 0 Å². The first-order valence-corrected chi connectivity index (χ1v) is 5.32. The van der Waals surface area contributed by atoms with Gasteiger partial charge in [-0.1, -0.05) is 20.8 Å². The van der Waals surface area contributed by atoms with Gasteiger partial charge in [0.05, 0.1) is 0 Å². The average Bonchev–Trinajstić information content (AvgIpc) is 2.57. The van der Waals surface area contributed by atoms with Gasteiger partial charge in [-0.05, 0) is 36.5 Å². The van der Waals surface area contributed by atoms with E-state index in [1.165, 1.54) is 25.8 Å². The van der Waals surface area contributed by atoms with Crippen molar-refractivity contribution in [2.45, 2.75) is 46.1 Å². The fraction of sp³-hybridized carbons (Fsp3) is 1.00. The second-order valence-electron chi connectivity index (χ2n) is 5.51. The van der Waals surface area contributed by atoms with Crippen molar-refractivity contribution in [3.8, 4) is 0 Å². The maximum Gasteiger partial charge on any atom is 0.00106 e. The Morgan fingerprint density at radius 3 is 2.42 bits per heavy atom. The Morgan fingerprint density at radius 1 is 1.33 bits per heavy atom. The molecule has 2 fully saturated rings. The van der Waals surface area contributed by atoms with Crippen LogP contribution in [0.3, 0.4) is 0 Å². The minimum Gasteiger partial charge on any atom is -0.314 e. The lowest BCUT2D eigenvalue weighted by atomic mass is 9.85. The van der Waals surface area contributed by atoms with Crippen molar-refractivity contribution >= 4 is 0 Å². The number of rotatable bonds is 3. The normalized spacial score (nSPS) is 45.0. The third-order valence-corrected chi connectivity index (χ3v) is 3.52. The van der Waals surface area contributed by atoms with Gasteiger partial charge in [0.15, 0.2) is 0 Å². The highest BCUT2D eigenvalue weighted by Gasteiger charge is 2.51. The minimum absolute atomic E-state index is 0.637. The monoisotopic (exact) mass is 167 g/mol. The first-order valence-electron chi connectivity index (χ1n) is 5.32. The van der Waals surface area contributed by atoms with Gasteiger partial charge in [-0.15, -0.1) is 0 Å². The van der Waals surface area contributed by atoms with E-state index in [1.54, 1.807) is 0 Å². The molecule has 0 aromatic carbocycles. The molecule has 1 nitrogen and oxygen atoms in total. The van der Waals surface area contributed by atoms with E-state index < -0.39 is 0 Å². The summed E-state index contributed by atoms with van der Waals surface area (Å²) in [6.45, 7) is 8.16. The summed E-state index contributed by atoms with van der Waals surface area (Å²) >= 11 is 0. The zero-order valence-electron chi connectivity index (χ0n) is 8.56. The van der Waals surface area contributed by atoms with Gasteiger partial charge in [-0.25, -0.2) is 0 Å². The van der Waals surface area contributed by atoms with E-state index >= 15 is 0 Å². The highest BCUT2D eigenvalue weighted by molar-refractivity contribution is 5.02. The first-order chi connectivity index (χ1) is 5.59. The SMILES string of the molecule is CC(C)NCC1(C)CC2CC2C1. The van der Waals surface area contributed by atoms with Crippen LogP contribution >= 0.6 is 0 Å². The summed E-state index contributed by atoms with van der Waals surface area (Å²) in [6.07, 6.45) is 4.51. The van der Waals surface area contributed by atoms with Gasteiger partial charge in [0.25, 0.3) is 0 Å². The second kappa shape index (κ2) is 2.73. The van der Waals surface area contributed by atoms with Crippen molar-refractivity contribution in [2.75, 3.05) is 6.54 Å². The van der Waals surface area contributed by atoms with Crippen LogP contribution in [-0.4, -0.2) is 12.6 Å². The summed E-state index contributed by atoms with van der Waals surface area (Å²) in [5.41, 5.74) is 0.637. The highest BCUT2D eigenvalue weighted by atomic mass is 14.9. The molecule has 1 N–H and O–H groups in total. The van der Waals surface area contributed by atoms with E-state index in [2.05, 4.69) is 26.1 Å². The van der Waals surface area contributed by atoms with Crippen molar-refractivity contribution in [3.63, 3.8) is 0 Å². The molecule has 0 heterocycles. The van der Waals surface area contributed by atoms with Gasteiger partial charge in [-0.2, -0.15) is 0 Å². The topological polar surface area (TPSA) is 12.0 Å². The lowest BCUT2D eigenvalue weighted by Crippen LogP contribution is -2.34. The second-order valence-corrected chi connectivity index (χ2v) is 5.51. The molecule has 0 bridgehead atoms. The molecule has 12 heavy (non-hydrogen) atoms.